The molecule has 5 nitrogen and oxygen atoms in total. The molecule has 0 saturated heterocycles. The third kappa shape index (κ3) is 1.93. The molecule has 0 radical (unpaired) electrons. The first kappa shape index (κ1) is 12.3. The first-order valence-electron chi connectivity index (χ1n) is 6.18. The van der Waals surface area contributed by atoms with Crippen LogP contribution >= 0.6 is 0 Å². The van der Waals surface area contributed by atoms with Gasteiger partial charge in [0, 0.05) is 23.5 Å². The van der Waals surface area contributed by atoms with E-state index < -0.39 is 0 Å². The van der Waals surface area contributed by atoms with Gasteiger partial charge in [-0.05, 0) is 31.2 Å². The zero-order valence-corrected chi connectivity index (χ0v) is 11.2. The van der Waals surface area contributed by atoms with Crippen LogP contribution in [0.5, 0.6) is 5.75 Å². The highest BCUT2D eigenvalue weighted by atomic mass is 16.5. The Hall–Kier alpha value is -2.69. The van der Waals surface area contributed by atoms with E-state index >= 15 is 0 Å². The normalized spacial score (nSPS) is 10.7. The Balaban J connectivity index is 2.33. The quantitative estimate of drug-likeness (QED) is 0.773. The van der Waals surface area contributed by atoms with Crippen molar-refractivity contribution in [3.63, 3.8) is 0 Å². The van der Waals surface area contributed by atoms with Gasteiger partial charge in [0.25, 0.3) is 5.56 Å². The van der Waals surface area contributed by atoms with Crippen LogP contribution in [-0.4, -0.2) is 22.1 Å². The molecule has 0 amide bonds. The maximum atomic E-state index is 12.2. The van der Waals surface area contributed by atoms with Crippen LogP contribution in [0.2, 0.25) is 0 Å². The number of H-pyrrole nitrogens is 1. The molecule has 0 aliphatic rings. The molecule has 0 aliphatic carbocycles. The van der Waals surface area contributed by atoms with E-state index in [0.717, 1.165) is 11.1 Å². The summed E-state index contributed by atoms with van der Waals surface area (Å²) in [5.41, 5.74) is 2.10. The molecule has 0 bridgehead atoms. The highest BCUT2D eigenvalue weighted by Gasteiger charge is 2.10. The summed E-state index contributed by atoms with van der Waals surface area (Å²) in [7, 11) is 1.60. The number of aromatic amines is 1. The minimum absolute atomic E-state index is 0.167. The van der Waals surface area contributed by atoms with E-state index in [1.54, 1.807) is 37.7 Å². The van der Waals surface area contributed by atoms with Gasteiger partial charge in [-0.3, -0.25) is 9.78 Å². The summed E-state index contributed by atoms with van der Waals surface area (Å²) in [6.07, 6.45) is 3.34. The van der Waals surface area contributed by atoms with E-state index in [2.05, 4.69) is 15.0 Å². The van der Waals surface area contributed by atoms with Crippen LogP contribution in [0.4, 0.5) is 0 Å². The topological polar surface area (TPSA) is 67.9 Å². The molecular weight excluding hydrogens is 254 g/mol. The molecule has 0 aliphatic heterocycles. The Morgan fingerprint density at radius 2 is 2.10 bits per heavy atom. The second-order valence-corrected chi connectivity index (χ2v) is 4.45. The Bertz CT molecular complexity index is 826. The van der Waals surface area contributed by atoms with Gasteiger partial charge < -0.3 is 9.72 Å². The van der Waals surface area contributed by atoms with E-state index in [4.69, 9.17) is 4.74 Å². The number of benzene rings is 1. The number of methoxy groups -OCH3 is 1. The first-order chi connectivity index (χ1) is 9.70. The summed E-state index contributed by atoms with van der Waals surface area (Å²) in [6, 6.07) is 7.16. The van der Waals surface area contributed by atoms with Crippen molar-refractivity contribution in [2.45, 2.75) is 6.92 Å². The number of ether oxygens (including phenoxy) is 1. The van der Waals surface area contributed by atoms with Crippen molar-refractivity contribution in [3.05, 3.63) is 52.6 Å². The highest BCUT2D eigenvalue weighted by molar-refractivity contribution is 5.84. The number of aromatic nitrogens is 3. The third-order valence-corrected chi connectivity index (χ3v) is 3.24. The van der Waals surface area contributed by atoms with E-state index in [1.165, 1.54) is 0 Å². The molecule has 3 rings (SSSR count). The molecule has 1 N–H and O–H groups in total. The molecule has 2 aromatic heterocycles. The predicted octanol–water partition coefficient (Wildman–Crippen LogP) is 2.30. The molecule has 5 heteroatoms. The van der Waals surface area contributed by atoms with E-state index in [0.29, 0.717) is 22.5 Å². The molecule has 0 spiro atoms. The average Bonchev–Trinajstić information content (AvgIpc) is 2.49. The van der Waals surface area contributed by atoms with Gasteiger partial charge in [-0.15, -0.1) is 0 Å². The first-order valence-corrected chi connectivity index (χ1v) is 6.18. The fourth-order valence-electron chi connectivity index (χ4n) is 2.18. The molecule has 0 saturated carbocycles. The van der Waals surface area contributed by atoms with Gasteiger partial charge in [0.1, 0.15) is 11.6 Å². The maximum absolute atomic E-state index is 12.2. The lowest BCUT2D eigenvalue weighted by Gasteiger charge is -2.08. The van der Waals surface area contributed by atoms with Crippen molar-refractivity contribution in [3.8, 4) is 17.1 Å². The number of hydrogen-bond acceptors (Lipinski definition) is 4. The van der Waals surface area contributed by atoms with Crippen LogP contribution in [-0.2, 0) is 0 Å². The number of pyridine rings is 1. The monoisotopic (exact) mass is 267 g/mol. The number of nitrogens with one attached hydrogen (secondary N) is 1. The van der Waals surface area contributed by atoms with Crippen molar-refractivity contribution in [2.24, 2.45) is 0 Å². The fraction of sp³-hybridized carbons (Fsp3) is 0.133. The minimum Gasteiger partial charge on any atom is -0.496 e. The zero-order chi connectivity index (χ0) is 14.1. The summed E-state index contributed by atoms with van der Waals surface area (Å²) >= 11 is 0. The molecule has 2 heterocycles. The summed E-state index contributed by atoms with van der Waals surface area (Å²) in [5, 5.41) is 0.552. The van der Waals surface area contributed by atoms with Gasteiger partial charge in [-0.1, -0.05) is 0 Å². The number of nitrogens with zero attached hydrogens (tertiary/aromatic N) is 2. The Kier molecular flexibility index (Phi) is 2.95. The summed E-state index contributed by atoms with van der Waals surface area (Å²) in [5.74, 6) is 1.22. The molecule has 1 aromatic carbocycles. The van der Waals surface area contributed by atoms with Gasteiger partial charge in [0.2, 0.25) is 0 Å². The molecule has 100 valence electrons. The lowest BCUT2D eigenvalue weighted by molar-refractivity contribution is 0.412. The van der Waals surface area contributed by atoms with Crippen LogP contribution in [0.15, 0.2) is 41.5 Å². The van der Waals surface area contributed by atoms with Crippen molar-refractivity contribution < 1.29 is 4.74 Å². The van der Waals surface area contributed by atoms with Crippen molar-refractivity contribution in [1.82, 2.24) is 15.0 Å². The lowest BCUT2D eigenvalue weighted by atomic mass is 10.1. The second-order valence-electron chi connectivity index (χ2n) is 4.45. The van der Waals surface area contributed by atoms with Crippen LogP contribution < -0.4 is 10.3 Å². The molecule has 0 fully saturated rings. The molecular formula is C15H13N3O2. The number of rotatable bonds is 2. The van der Waals surface area contributed by atoms with Gasteiger partial charge in [-0.25, -0.2) is 4.98 Å². The highest BCUT2D eigenvalue weighted by Crippen LogP contribution is 2.25. The van der Waals surface area contributed by atoms with Crippen molar-refractivity contribution in [1.29, 1.82) is 0 Å². The maximum Gasteiger partial charge on any atom is 0.259 e. The Morgan fingerprint density at radius 1 is 1.25 bits per heavy atom. The Labute approximate surface area is 115 Å². The summed E-state index contributed by atoms with van der Waals surface area (Å²) in [6.45, 7) is 1.89. The summed E-state index contributed by atoms with van der Waals surface area (Å²) in [4.78, 5) is 23.5. The SMILES string of the molecule is COc1ccc2c(=O)[nH]c(-c3cccnc3)nc2c1C. The van der Waals surface area contributed by atoms with Gasteiger partial charge in [0.05, 0.1) is 18.0 Å². The van der Waals surface area contributed by atoms with E-state index in [1.807, 2.05) is 13.0 Å². The van der Waals surface area contributed by atoms with Gasteiger partial charge in [0.15, 0.2) is 0 Å². The van der Waals surface area contributed by atoms with Gasteiger partial charge in [-0.2, -0.15) is 0 Å². The third-order valence-electron chi connectivity index (χ3n) is 3.24. The average molecular weight is 267 g/mol. The number of fused-ring (bicyclic) bond motifs is 1. The van der Waals surface area contributed by atoms with Crippen LogP contribution in [0, 0.1) is 6.92 Å². The molecule has 0 atom stereocenters. The predicted molar refractivity (Wildman–Crippen MR) is 76.9 cm³/mol. The fourth-order valence-corrected chi connectivity index (χ4v) is 2.18. The van der Waals surface area contributed by atoms with E-state index in [-0.39, 0.29) is 5.56 Å². The minimum atomic E-state index is -0.167. The number of hydrogen-bond donors (Lipinski definition) is 1. The summed E-state index contributed by atoms with van der Waals surface area (Å²) < 4.78 is 5.27. The largest absolute Gasteiger partial charge is 0.496 e. The molecule has 20 heavy (non-hydrogen) atoms. The molecule has 0 unspecified atom stereocenters. The number of aryl methyl sites for hydroxylation is 1. The standard InChI is InChI=1S/C15H13N3O2/c1-9-12(20-2)6-5-11-13(9)17-14(18-15(11)19)10-4-3-7-16-8-10/h3-8H,1-2H3,(H,17,18,19). The van der Waals surface area contributed by atoms with Gasteiger partial charge >= 0.3 is 0 Å². The van der Waals surface area contributed by atoms with Crippen LogP contribution in [0.25, 0.3) is 22.3 Å². The van der Waals surface area contributed by atoms with Crippen molar-refractivity contribution in [2.75, 3.05) is 7.11 Å². The van der Waals surface area contributed by atoms with Crippen molar-refractivity contribution >= 4 is 10.9 Å². The second kappa shape index (κ2) is 4.77. The van der Waals surface area contributed by atoms with Crippen LogP contribution in [0.3, 0.4) is 0 Å². The zero-order valence-electron chi connectivity index (χ0n) is 11.2. The molecule has 3 aromatic rings. The van der Waals surface area contributed by atoms with E-state index in [9.17, 15) is 4.79 Å². The van der Waals surface area contributed by atoms with Crippen LogP contribution in [0.1, 0.15) is 5.56 Å². The smallest absolute Gasteiger partial charge is 0.259 e. The lowest BCUT2D eigenvalue weighted by Crippen LogP contribution is -2.10. The Morgan fingerprint density at radius 3 is 2.80 bits per heavy atom.